The summed E-state index contributed by atoms with van der Waals surface area (Å²) in [4.78, 5) is 37.4. The lowest BCUT2D eigenvalue weighted by Crippen LogP contribution is -2.57. The molecule has 4 N–H and O–H groups in total. The largest absolute Gasteiger partial charge is 0.480 e. The minimum absolute atomic E-state index is 0.131. The molecule has 31 heavy (non-hydrogen) atoms. The lowest BCUT2D eigenvalue weighted by atomic mass is 10.0. The summed E-state index contributed by atoms with van der Waals surface area (Å²) in [7, 11) is 0. The molecule has 1 heterocycles. The molecule has 2 aromatic rings. The Hall–Kier alpha value is -2.84. The second-order valence-corrected chi connectivity index (χ2v) is 9.79. The number of carbonyl (C=O) groups excluding carboxylic acids is 2. The summed E-state index contributed by atoms with van der Waals surface area (Å²) in [6.07, 6.45) is 0.131. The van der Waals surface area contributed by atoms with Gasteiger partial charge in [0, 0.05) is 11.3 Å². The maximum Gasteiger partial charge on any atom is 0.322 e. The van der Waals surface area contributed by atoms with Gasteiger partial charge >= 0.3 is 5.97 Å². The number of hydrogen-bond donors (Lipinski definition) is 4. The summed E-state index contributed by atoms with van der Waals surface area (Å²) < 4.78 is -0.640. The molecule has 3 rings (SSSR count). The Balaban J connectivity index is 1.73. The molecule has 3 unspecified atom stereocenters. The standard InChI is InChI=1S/C23H27N3O4S/c1-23(2)19(22(29)30)26-21(31-23)18(20(28)24-14-16-11-7-4-8-12-16)25-17(27)13-15-9-5-3-6-10-15/h3-12,18-19,21,26H,13-14H2,1-2H3,(H,24,28)(H,25,27)(H,29,30). The van der Waals surface area contributed by atoms with Gasteiger partial charge in [0.25, 0.3) is 0 Å². The molecule has 1 aliphatic rings. The predicted molar refractivity (Wildman–Crippen MR) is 120 cm³/mol. The lowest BCUT2D eigenvalue weighted by Gasteiger charge is -2.25. The fourth-order valence-electron chi connectivity index (χ4n) is 3.51. The highest BCUT2D eigenvalue weighted by molar-refractivity contribution is 8.01. The molecule has 164 valence electrons. The number of carboxylic acid groups (broad SMARTS) is 1. The second-order valence-electron chi connectivity index (χ2n) is 7.99. The molecule has 7 nitrogen and oxygen atoms in total. The molecule has 0 saturated carbocycles. The SMILES string of the molecule is CC1(C)SC(C(NC(=O)Cc2ccccc2)C(=O)NCc2ccccc2)NC1C(=O)O. The van der Waals surface area contributed by atoms with Crippen molar-refractivity contribution in [3.05, 3.63) is 71.8 Å². The molecule has 1 saturated heterocycles. The quantitative estimate of drug-likeness (QED) is 0.499. The maximum absolute atomic E-state index is 13.1. The van der Waals surface area contributed by atoms with E-state index in [9.17, 15) is 19.5 Å². The number of hydrogen-bond acceptors (Lipinski definition) is 5. The first kappa shape index (κ1) is 22.8. The van der Waals surface area contributed by atoms with Crippen LogP contribution in [0.15, 0.2) is 60.7 Å². The first-order valence-corrected chi connectivity index (χ1v) is 11.0. The van der Waals surface area contributed by atoms with Crippen molar-refractivity contribution in [3.8, 4) is 0 Å². The molecule has 1 aliphatic heterocycles. The smallest absolute Gasteiger partial charge is 0.322 e. The van der Waals surface area contributed by atoms with Gasteiger partial charge in [-0.05, 0) is 25.0 Å². The molecule has 2 aromatic carbocycles. The van der Waals surface area contributed by atoms with Crippen LogP contribution in [0.25, 0.3) is 0 Å². The Morgan fingerprint density at radius 2 is 1.61 bits per heavy atom. The van der Waals surface area contributed by atoms with Crippen molar-refractivity contribution in [1.82, 2.24) is 16.0 Å². The van der Waals surface area contributed by atoms with Crippen LogP contribution in [0.4, 0.5) is 0 Å². The zero-order valence-electron chi connectivity index (χ0n) is 17.5. The Bertz CT molecular complexity index is 921. The normalized spacial score (nSPS) is 20.6. The van der Waals surface area contributed by atoms with Crippen molar-refractivity contribution in [2.24, 2.45) is 0 Å². The molecule has 0 spiro atoms. The maximum atomic E-state index is 13.1. The molecular weight excluding hydrogens is 414 g/mol. The monoisotopic (exact) mass is 441 g/mol. The van der Waals surface area contributed by atoms with Gasteiger partial charge in [-0.3, -0.25) is 19.7 Å². The number of aliphatic carboxylic acids is 1. The Kier molecular flexibility index (Phi) is 7.35. The van der Waals surface area contributed by atoms with Crippen LogP contribution in [-0.4, -0.2) is 45.1 Å². The number of amides is 2. The van der Waals surface area contributed by atoms with Gasteiger partial charge in [-0.15, -0.1) is 11.8 Å². The van der Waals surface area contributed by atoms with Crippen LogP contribution in [0.5, 0.6) is 0 Å². The van der Waals surface area contributed by atoms with Crippen LogP contribution in [0.3, 0.4) is 0 Å². The first-order valence-electron chi connectivity index (χ1n) is 10.1. The van der Waals surface area contributed by atoms with Crippen LogP contribution in [0.1, 0.15) is 25.0 Å². The fraction of sp³-hybridized carbons (Fsp3) is 0.348. The Morgan fingerprint density at radius 1 is 1.03 bits per heavy atom. The molecule has 0 aromatic heterocycles. The Morgan fingerprint density at radius 3 is 2.16 bits per heavy atom. The highest BCUT2D eigenvalue weighted by Crippen LogP contribution is 2.39. The number of rotatable bonds is 8. The predicted octanol–water partition coefficient (Wildman–Crippen LogP) is 1.92. The average Bonchev–Trinajstić information content (AvgIpc) is 3.07. The minimum atomic E-state index is -0.987. The topological polar surface area (TPSA) is 108 Å². The van der Waals surface area contributed by atoms with Crippen LogP contribution in [-0.2, 0) is 27.3 Å². The highest BCUT2D eigenvalue weighted by atomic mass is 32.2. The summed E-state index contributed by atoms with van der Waals surface area (Å²) in [5, 5.41) is 17.7. The molecule has 0 bridgehead atoms. The minimum Gasteiger partial charge on any atom is -0.480 e. The van der Waals surface area contributed by atoms with E-state index >= 15 is 0 Å². The molecule has 0 radical (unpaired) electrons. The average molecular weight is 442 g/mol. The van der Waals surface area contributed by atoms with E-state index in [1.165, 1.54) is 11.8 Å². The molecule has 2 amide bonds. The van der Waals surface area contributed by atoms with Gasteiger partial charge in [0.05, 0.1) is 11.8 Å². The van der Waals surface area contributed by atoms with Crippen molar-refractivity contribution in [1.29, 1.82) is 0 Å². The van der Waals surface area contributed by atoms with Crippen LogP contribution < -0.4 is 16.0 Å². The van der Waals surface area contributed by atoms with Gasteiger partial charge in [0.15, 0.2) is 0 Å². The highest BCUT2D eigenvalue weighted by Gasteiger charge is 2.49. The van der Waals surface area contributed by atoms with Gasteiger partial charge in [-0.25, -0.2) is 0 Å². The van der Waals surface area contributed by atoms with E-state index in [1.54, 1.807) is 0 Å². The van der Waals surface area contributed by atoms with E-state index in [2.05, 4.69) is 16.0 Å². The van der Waals surface area contributed by atoms with E-state index in [1.807, 2.05) is 74.5 Å². The van der Waals surface area contributed by atoms with Gasteiger partial charge < -0.3 is 15.7 Å². The van der Waals surface area contributed by atoms with Crippen molar-refractivity contribution < 1.29 is 19.5 Å². The summed E-state index contributed by atoms with van der Waals surface area (Å²) in [5.41, 5.74) is 1.76. The van der Waals surface area contributed by atoms with Gasteiger partial charge in [-0.2, -0.15) is 0 Å². The number of thioether (sulfide) groups is 1. The summed E-state index contributed by atoms with van der Waals surface area (Å²) in [6, 6.07) is 17.0. The summed E-state index contributed by atoms with van der Waals surface area (Å²) in [5.74, 6) is -1.65. The fourth-order valence-corrected chi connectivity index (χ4v) is 5.00. The number of carbonyl (C=O) groups is 3. The van der Waals surface area contributed by atoms with Crippen molar-refractivity contribution in [2.45, 2.75) is 49.0 Å². The number of benzene rings is 2. The molecular formula is C23H27N3O4S. The van der Waals surface area contributed by atoms with Gasteiger partial charge in [0.1, 0.15) is 12.1 Å². The van der Waals surface area contributed by atoms with Crippen LogP contribution >= 0.6 is 11.8 Å². The van der Waals surface area contributed by atoms with Crippen molar-refractivity contribution in [2.75, 3.05) is 0 Å². The second kappa shape index (κ2) is 9.98. The van der Waals surface area contributed by atoms with E-state index in [0.717, 1.165) is 11.1 Å². The molecule has 3 atom stereocenters. The molecule has 0 aliphatic carbocycles. The van der Waals surface area contributed by atoms with Gasteiger partial charge in [-0.1, -0.05) is 60.7 Å². The Labute approximate surface area is 186 Å². The van der Waals surface area contributed by atoms with E-state index < -0.39 is 28.2 Å². The zero-order valence-corrected chi connectivity index (χ0v) is 18.3. The van der Waals surface area contributed by atoms with Crippen molar-refractivity contribution >= 4 is 29.5 Å². The number of carboxylic acids is 1. The van der Waals surface area contributed by atoms with Crippen LogP contribution in [0.2, 0.25) is 0 Å². The third-order valence-electron chi connectivity index (χ3n) is 5.12. The third-order valence-corrected chi connectivity index (χ3v) is 6.63. The zero-order chi connectivity index (χ0) is 22.4. The third kappa shape index (κ3) is 6.08. The first-order chi connectivity index (χ1) is 14.8. The lowest BCUT2D eigenvalue weighted by molar-refractivity contribution is -0.140. The summed E-state index contributed by atoms with van der Waals surface area (Å²) >= 11 is 1.34. The van der Waals surface area contributed by atoms with Crippen molar-refractivity contribution in [3.63, 3.8) is 0 Å². The van der Waals surface area contributed by atoms with E-state index in [-0.39, 0.29) is 18.2 Å². The van der Waals surface area contributed by atoms with Crippen LogP contribution in [0, 0.1) is 0 Å². The number of nitrogens with one attached hydrogen (secondary N) is 3. The summed E-state index contributed by atoms with van der Waals surface area (Å²) in [6.45, 7) is 3.94. The van der Waals surface area contributed by atoms with E-state index in [4.69, 9.17) is 0 Å². The van der Waals surface area contributed by atoms with E-state index in [0.29, 0.717) is 6.54 Å². The molecule has 8 heteroatoms. The van der Waals surface area contributed by atoms with Gasteiger partial charge in [0.2, 0.25) is 11.8 Å². The molecule has 1 fully saturated rings.